The minimum atomic E-state index is -0.304. The van der Waals surface area contributed by atoms with Gasteiger partial charge in [0.25, 0.3) is 0 Å². The number of carbonyl (C=O) groups is 1. The summed E-state index contributed by atoms with van der Waals surface area (Å²) in [4.78, 5) is 11.6. The molecule has 21 heavy (non-hydrogen) atoms. The normalized spacial score (nSPS) is 10.1. The first kappa shape index (κ1) is 15.0. The summed E-state index contributed by atoms with van der Waals surface area (Å²) >= 11 is 0. The van der Waals surface area contributed by atoms with Gasteiger partial charge in [0.05, 0.1) is 0 Å². The maximum absolute atomic E-state index is 13.4. The number of urea groups is 1. The molecule has 3 nitrogen and oxygen atoms in total. The van der Waals surface area contributed by atoms with E-state index in [1.165, 1.54) is 11.6 Å². The van der Waals surface area contributed by atoms with E-state index < -0.39 is 0 Å². The molecule has 2 aromatic rings. The Hall–Kier alpha value is -2.36. The summed E-state index contributed by atoms with van der Waals surface area (Å²) in [5.41, 5.74) is 1.74. The second kappa shape index (κ2) is 8.04. The van der Waals surface area contributed by atoms with Gasteiger partial charge >= 0.3 is 6.03 Å². The van der Waals surface area contributed by atoms with Crippen molar-refractivity contribution in [2.75, 3.05) is 6.54 Å². The van der Waals surface area contributed by atoms with Gasteiger partial charge in [0, 0.05) is 18.7 Å². The molecule has 2 amide bonds. The maximum atomic E-state index is 13.4. The Morgan fingerprint density at radius 2 is 1.67 bits per heavy atom. The number of halogens is 1. The first-order valence-electron chi connectivity index (χ1n) is 7.05. The monoisotopic (exact) mass is 286 g/mol. The summed E-state index contributed by atoms with van der Waals surface area (Å²) in [5.74, 6) is -0.304. The number of benzene rings is 2. The number of hydrogen-bond donors (Lipinski definition) is 2. The van der Waals surface area contributed by atoms with Crippen LogP contribution in [0.2, 0.25) is 0 Å². The van der Waals surface area contributed by atoms with E-state index in [1.807, 2.05) is 18.2 Å². The van der Waals surface area contributed by atoms with Crippen LogP contribution in [0.5, 0.6) is 0 Å². The molecule has 0 fully saturated rings. The molecule has 0 aliphatic carbocycles. The molecular formula is C17H19FN2O. The lowest BCUT2D eigenvalue weighted by molar-refractivity contribution is 0.240. The van der Waals surface area contributed by atoms with Crippen molar-refractivity contribution in [3.05, 3.63) is 71.5 Å². The number of aryl methyl sites for hydroxylation is 1. The van der Waals surface area contributed by atoms with Crippen molar-refractivity contribution < 1.29 is 9.18 Å². The van der Waals surface area contributed by atoms with Crippen LogP contribution in [-0.4, -0.2) is 12.6 Å². The summed E-state index contributed by atoms with van der Waals surface area (Å²) in [5, 5.41) is 5.42. The van der Waals surface area contributed by atoms with Gasteiger partial charge in [-0.15, -0.1) is 0 Å². The van der Waals surface area contributed by atoms with Crippen LogP contribution in [0.15, 0.2) is 54.6 Å². The molecular weight excluding hydrogens is 267 g/mol. The lowest BCUT2D eigenvalue weighted by atomic mass is 10.1. The van der Waals surface area contributed by atoms with E-state index in [2.05, 4.69) is 22.8 Å². The molecule has 0 heterocycles. The highest BCUT2D eigenvalue weighted by Gasteiger charge is 2.03. The summed E-state index contributed by atoms with van der Waals surface area (Å²) in [6.07, 6.45) is 1.80. The lowest BCUT2D eigenvalue weighted by Gasteiger charge is -2.08. The highest BCUT2D eigenvalue weighted by atomic mass is 19.1. The highest BCUT2D eigenvalue weighted by Crippen LogP contribution is 2.05. The van der Waals surface area contributed by atoms with Crippen LogP contribution in [0.3, 0.4) is 0 Å². The molecule has 0 aliphatic heterocycles. The van der Waals surface area contributed by atoms with Crippen LogP contribution in [0.25, 0.3) is 0 Å². The fourth-order valence-electron chi connectivity index (χ4n) is 2.02. The van der Waals surface area contributed by atoms with E-state index in [4.69, 9.17) is 0 Å². The highest BCUT2D eigenvalue weighted by molar-refractivity contribution is 5.73. The van der Waals surface area contributed by atoms with Crippen LogP contribution in [0.1, 0.15) is 17.5 Å². The van der Waals surface area contributed by atoms with Crippen molar-refractivity contribution in [2.45, 2.75) is 19.4 Å². The molecule has 0 unspecified atom stereocenters. The Bertz CT molecular complexity index is 572. The topological polar surface area (TPSA) is 41.1 Å². The number of nitrogens with one attached hydrogen (secondary N) is 2. The van der Waals surface area contributed by atoms with Gasteiger partial charge in [-0.2, -0.15) is 0 Å². The molecule has 4 heteroatoms. The first-order valence-corrected chi connectivity index (χ1v) is 7.05. The van der Waals surface area contributed by atoms with Crippen LogP contribution in [0, 0.1) is 5.82 Å². The van der Waals surface area contributed by atoms with E-state index in [0.717, 1.165) is 12.8 Å². The number of hydrogen-bond acceptors (Lipinski definition) is 1. The van der Waals surface area contributed by atoms with Gasteiger partial charge in [0.1, 0.15) is 5.82 Å². The second-order valence-corrected chi connectivity index (χ2v) is 4.79. The quantitative estimate of drug-likeness (QED) is 0.786. The van der Waals surface area contributed by atoms with Crippen molar-refractivity contribution in [2.24, 2.45) is 0 Å². The van der Waals surface area contributed by atoms with Crippen LogP contribution in [0.4, 0.5) is 9.18 Å². The third-order valence-corrected chi connectivity index (χ3v) is 3.17. The molecule has 0 spiro atoms. The van der Waals surface area contributed by atoms with Crippen LogP contribution in [-0.2, 0) is 13.0 Å². The molecule has 0 radical (unpaired) electrons. The largest absolute Gasteiger partial charge is 0.338 e. The Labute approximate surface area is 124 Å². The molecule has 0 aliphatic rings. The van der Waals surface area contributed by atoms with Gasteiger partial charge < -0.3 is 10.6 Å². The Balaban J connectivity index is 1.63. The average Bonchev–Trinajstić information content (AvgIpc) is 2.52. The molecule has 0 atom stereocenters. The van der Waals surface area contributed by atoms with Gasteiger partial charge in [0.15, 0.2) is 0 Å². The number of carbonyl (C=O) groups excluding carboxylic acids is 1. The predicted octanol–water partition coefficient (Wildman–Crippen LogP) is 3.26. The zero-order valence-electron chi connectivity index (χ0n) is 11.8. The average molecular weight is 286 g/mol. The molecule has 110 valence electrons. The maximum Gasteiger partial charge on any atom is 0.315 e. The van der Waals surface area contributed by atoms with Gasteiger partial charge in [-0.25, -0.2) is 9.18 Å². The van der Waals surface area contributed by atoms with Crippen molar-refractivity contribution in [3.63, 3.8) is 0 Å². The fraction of sp³-hybridized carbons (Fsp3) is 0.235. The lowest BCUT2D eigenvalue weighted by Crippen LogP contribution is -2.35. The third kappa shape index (κ3) is 5.26. The van der Waals surface area contributed by atoms with Crippen molar-refractivity contribution in [3.8, 4) is 0 Å². The van der Waals surface area contributed by atoms with Gasteiger partial charge in [-0.1, -0.05) is 48.5 Å². The standard InChI is InChI=1S/C17H19FN2O/c18-16-11-5-4-10-15(16)13-20-17(21)19-12-6-9-14-7-2-1-3-8-14/h1-5,7-8,10-11H,6,9,12-13H2,(H2,19,20,21). The minimum absolute atomic E-state index is 0.192. The zero-order valence-corrected chi connectivity index (χ0v) is 11.8. The summed E-state index contributed by atoms with van der Waals surface area (Å²) < 4.78 is 13.4. The Kier molecular flexibility index (Phi) is 5.76. The van der Waals surface area contributed by atoms with Crippen LogP contribution < -0.4 is 10.6 Å². The third-order valence-electron chi connectivity index (χ3n) is 3.17. The van der Waals surface area contributed by atoms with E-state index >= 15 is 0 Å². The molecule has 2 N–H and O–H groups in total. The van der Waals surface area contributed by atoms with Gasteiger partial charge in [0.2, 0.25) is 0 Å². The number of amides is 2. The molecule has 2 rings (SSSR count). The summed E-state index contributed by atoms with van der Waals surface area (Å²) in [6, 6.07) is 16.3. The molecule has 0 bridgehead atoms. The molecule has 0 aromatic heterocycles. The summed E-state index contributed by atoms with van der Waals surface area (Å²) in [6.45, 7) is 0.787. The summed E-state index contributed by atoms with van der Waals surface area (Å²) in [7, 11) is 0. The molecule has 2 aromatic carbocycles. The second-order valence-electron chi connectivity index (χ2n) is 4.79. The first-order chi connectivity index (χ1) is 10.3. The van der Waals surface area contributed by atoms with E-state index in [1.54, 1.807) is 18.2 Å². The SMILES string of the molecule is O=C(NCCCc1ccccc1)NCc1ccccc1F. The van der Waals surface area contributed by atoms with E-state index in [9.17, 15) is 9.18 Å². The van der Waals surface area contributed by atoms with E-state index in [0.29, 0.717) is 12.1 Å². The molecule has 0 saturated heterocycles. The predicted molar refractivity (Wildman–Crippen MR) is 81.4 cm³/mol. The Morgan fingerprint density at radius 1 is 0.952 bits per heavy atom. The van der Waals surface area contributed by atoms with Crippen molar-refractivity contribution >= 4 is 6.03 Å². The van der Waals surface area contributed by atoms with Gasteiger partial charge in [-0.05, 0) is 24.5 Å². The number of rotatable bonds is 6. The van der Waals surface area contributed by atoms with Crippen LogP contribution >= 0.6 is 0 Å². The van der Waals surface area contributed by atoms with E-state index in [-0.39, 0.29) is 18.4 Å². The Morgan fingerprint density at radius 3 is 2.43 bits per heavy atom. The zero-order chi connectivity index (χ0) is 14.9. The van der Waals surface area contributed by atoms with Crippen molar-refractivity contribution in [1.82, 2.24) is 10.6 Å². The molecule has 0 saturated carbocycles. The van der Waals surface area contributed by atoms with Crippen molar-refractivity contribution in [1.29, 1.82) is 0 Å². The fourth-order valence-corrected chi connectivity index (χ4v) is 2.02. The van der Waals surface area contributed by atoms with Gasteiger partial charge in [-0.3, -0.25) is 0 Å². The minimum Gasteiger partial charge on any atom is -0.338 e. The smallest absolute Gasteiger partial charge is 0.315 e.